The topological polar surface area (TPSA) is 67.9 Å². The van der Waals surface area contributed by atoms with Gasteiger partial charge in [-0.2, -0.15) is 0 Å². The Morgan fingerprint density at radius 1 is 1.28 bits per heavy atom. The van der Waals surface area contributed by atoms with Gasteiger partial charge in [0.2, 0.25) is 0 Å². The van der Waals surface area contributed by atoms with Gasteiger partial charge in [-0.1, -0.05) is 6.92 Å². The van der Waals surface area contributed by atoms with Gasteiger partial charge in [0.25, 0.3) is 0 Å². The van der Waals surface area contributed by atoms with Crippen LogP contribution in [-0.2, 0) is 0 Å². The monoisotopic (exact) mass is 243 g/mol. The quantitative estimate of drug-likeness (QED) is 0.815. The fraction of sp³-hybridized carbons (Fsp3) is 0.462. The maximum atomic E-state index is 6.12. The van der Waals surface area contributed by atoms with Crippen LogP contribution in [0.5, 0.6) is 0 Å². The molecule has 1 fully saturated rings. The first-order valence-corrected chi connectivity index (χ1v) is 6.32. The Morgan fingerprint density at radius 2 is 2.11 bits per heavy atom. The summed E-state index contributed by atoms with van der Waals surface area (Å²) in [4.78, 5) is 15.3. The number of fused-ring (bicyclic) bond motifs is 1. The minimum absolute atomic E-state index is 0.220. The highest BCUT2D eigenvalue weighted by Crippen LogP contribution is 2.21. The number of hydrogen-bond donors (Lipinski definition) is 1. The highest BCUT2D eigenvalue weighted by Gasteiger charge is 2.23. The molecule has 0 radical (unpaired) electrons. The van der Waals surface area contributed by atoms with Gasteiger partial charge in [0.05, 0.1) is 0 Å². The maximum Gasteiger partial charge on any atom is 0.180 e. The minimum Gasteiger partial charge on any atom is -0.355 e. The Kier molecular flexibility index (Phi) is 2.83. The van der Waals surface area contributed by atoms with E-state index in [-0.39, 0.29) is 6.04 Å². The number of hydrogen-bond acceptors (Lipinski definition) is 5. The molecule has 2 aromatic heterocycles. The maximum absolute atomic E-state index is 6.12. The largest absolute Gasteiger partial charge is 0.355 e. The van der Waals surface area contributed by atoms with Crippen LogP contribution in [0.1, 0.15) is 13.3 Å². The fourth-order valence-corrected chi connectivity index (χ4v) is 2.33. The van der Waals surface area contributed by atoms with Gasteiger partial charge in [-0.25, -0.2) is 9.97 Å². The SMILES string of the molecule is CC1CCN(c2ccc3nccnc3n2)CC1N. The van der Waals surface area contributed by atoms with Crippen molar-refractivity contribution in [2.75, 3.05) is 18.0 Å². The number of pyridine rings is 1. The van der Waals surface area contributed by atoms with E-state index < -0.39 is 0 Å². The van der Waals surface area contributed by atoms with Crippen molar-refractivity contribution in [2.45, 2.75) is 19.4 Å². The number of aromatic nitrogens is 3. The smallest absolute Gasteiger partial charge is 0.180 e. The second-order valence-corrected chi connectivity index (χ2v) is 4.94. The summed E-state index contributed by atoms with van der Waals surface area (Å²) in [6.45, 7) is 4.08. The van der Waals surface area contributed by atoms with E-state index in [0.29, 0.717) is 11.6 Å². The summed E-state index contributed by atoms with van der Waals surface area (Å²) in [5, 5.41) is 0. The van der Waals surface area contributed by atoms with Crippen LogP contribution in [0.3, 0.4) is 0 Å². The molecule has 94 valence electrons. The molecule has 1 aliphatic heterocycles. The summed E-state index contributed by atoms with van der Waals surface area (Å²) >= 11 is 0. The van der Waals surface area contributed by atoms with Gasteiger partial charge in [-0.05, 0) is 24.5 Å². The second-order valence-electron chi connectivity index (χ2n) is 4.94. The Balaban J connectivity index is 1.90. The molecule has 3 heterocycles. The van der Waals surface area contributed by atoms with Crippen LogP contribution in [0.2, 0.25) is 0 Å². The van der Waals surface area contributed by atoms with Crippen molar-refractivity contribution in [1.82, 2.24) is 15.0 Å². The Morgan fingerprint density at radius 3 is 2.94 bits per heavy atom. The molecule has 2 unspecified atom stereocenters. The molecule has 0 amide bonds. The average molecular weight is 243 g/mol. The highest BCUT2D eigenvalue weighted by atomic mass is 15.2. The molecule has 1 saturated heterocycles. The van der Waals surface area contributed by atoms with E-state index in [1.165, 1.54) is 0 Å². The lowest BCUT2D eigenvalue weighted by Gasteiger charge is -2.35. The second kappa shape index (κ2) is 4.49. The van der Waals surface area contributed by atoms with E-state index >= 15 is 0 Å². The van der Waals surface area contributed by atoms with Crippen LogP contribution >= 0.6 is 0 Å². The Bertz CT molecular complexity index is 556. The molecular formula is C13H17N5. The average Bonchev–Trinajstić information content (AvgIpc) is 2.41. The molecular weight excluding hydrogens is 226 g/mol. The zero-order valence-electron chi connectivity index (χ0n) is 10.5. The van der Waals surface area contributed by atoms with Crippen LogP contribution in [0, 0.1) is 5.92 Å². The molecule has 2 atom stereocenters. The van der Waals surface area contributed by atoms with Crippen LogP contribution < -0.4 is 10.6 Å². The van der Waals surface area contributed by atoms with Crippen LogP contribution in [0.15, 0.2) is 24.5 Å². The number of piperidine rings is 1. The minimum atomic E-state index is 0.220. The molecule has 18 heavy (non-hydrogen) atoms. The van der Waals surface area contributed by atoms with Crippen molar-refractivity contribution in [3.05, 3.63) is 24.5 Å². The lowest BCUT2D eigenvalue weighted by atomic mass is 9.94. The highest BCUT2D eigenvalue weighted by molar-refractivity contribution is 5.71. The molecule has 0 spiro atoms. The van der Waals surface area contributed by atoms with Crippen molar-refractivity contribution < 1.29 is 0 Å². The van der Waals surface area contributed by atoms with Crippen molar-refractivity contribution in [1.29, 1.82) is 0 Å². The molecule has 1 aliphatic rings. The summed E-state index contributed by atoms with van der Waals surface area (Å²) < 4.78 is 0. The van der Waals surface area contributed by atoms with E-state index in [2.05, 4.69) is 26.8 Å². The zero-order valence-corrected chi connectivity index (χ0v) is 10.5. The predicted octanol–water partition coefficient (Wildman–Crippen LogP) is 1.20. The predicted molar refractivity (Wildman–Crippen MR) is 71.3 cm³/mol. The third-order valence-corrected chi connectivity index (χ3v) is 3.66. The van der Waals surface area contributed by atoms with Gasteiger partial charge >= 0.3 is 0 Å². The van der Waals surface area contributed by atoms with Gasteiger partial charge in [-0.15, -0.1) is 0 Å². The standard InChI is InChI=1S/C13H17N5/c1-9-4-7-18(8-10(9)14)12-3-2-11-13(17-12)16-6-5-15-11/h2-3,5-6,9-10H,4,7-8,14H2,1H3. The normalized spacial score (nSPS) is 24.4. The number of rotatable bonds is 1. The van der Waals surface area contributed by atoms with E-state index in [9.17, 15) is 0 Å². The molecule has 3 rings (SSSR count). The van der Waals surface area contributed by atoms with Gasteiger partial charge in [0, 0.05) is 31.5 Å². The first-order valence-electron chi connectivity index (χ1n) is 6.32. The first-order chi connectivity index (χ1) is 8.74. The third-order valence-electron chi connectivity index (χ3n) is 3.66. The number of nitrogens with two attached hydrogens (primary N) is 1. The molecule has 0 bridgehead atoms. The van der Waals surface area contributed by atoms with Crippen LogP contribution in [-0.4, -0.2) is 34.1 Å². The van der Waals surface area contributed by atoms with E-state index in [1.807, 2.05) is 12.1 Å². The van der Waals surface area contributed by atoms with E-state index in [1.54, 1.807) is 12.4 Å². The summed E-state index contributed by atoms with van der Waals surface area (Å²) in [6, 6.07) is 4.19. The molecule has 0 aromatic carbocycles. The number of nitrogens with zero attached hydrogens (tertiary/aromatic N) is 4. The summed E-state index contributed by atoms with van der Waals surface area (Å²) in [5.74, 6) is 1.53. The van der Waals surface area contributed by atoms with Crippen LogP contribution in [0.4, 0.5) is 5.82 Å². The van der Waals surface area contributed by atoms with Crippen molar-refractivity contribution >= 4 is 17.0 Å². The zero-order chi connectivity index (χ0) is 12.5. The first kappa shape index (κ1) is 11.3. The van der Waals surface area contributed by atoms with Crippen molar-refractivity contribution in [2.24, 2.45) is 11.7 Å². The molecule has 0 saturated carbocycles. The molecule has 0 aliphatic carbocycles. The summed E-state index contributed by atoms with van der Waals surface area (Å²) in [7, 11) is 0. The third kappa shape index (κ3) is 2.01. The number of anilines is 1. The van der Waals surface area contributed by atoms with E-state index in [0.717, 1.165) is 30.8 Å². The fourth-order valence-electron chi connectivity index (χ4n) is 2.33. The lowest BCUT2D eigenvalue weighted by molar-refractivity contribution is 0.378. The summed E-state index contributed by atoms with van der Waals surface area (Å²) in [5.41, 5.74) is 7.65. The molecule has 2 N–H and O–H groups in total. The molecule has 5 nitrogen and oxygen atoms in total. The lowest BCUT2D eigenvalue weighted by Crippen LogP contribution is -2.47. The Hall–Kier alpha value is -1.75. The van der Waals surface area contributed by atoms with Gasteiger partial charge in [-0.3, -0.25) is 4.98 Å². The Labute approximate surface area is 106 Å². The molecule has 5 heteroatoms. The van der Waals surface area contributed by atoms with Gasteiger partial charge in [0.15, 0.2) is 5.65 Å². The van der Waals surface area contributed by atoms with Crippen molar-refractivity contribution in [3.8, 4) is 0 Å². The molecule has 2 aromatic rings. The van der Waals surface area contributed by atoms with Gasteiger partial charge < -0.3 is 10.6 Å². The van der Waals surface area contributed by atoms with E-state index in [4.69, 9.17) is 5.73 Å². The van der Waals surface area contributed by atoms with Gasteiger partial charge in [0.1, 0.15) is 11.3 Å². The summed E-state index contributed by atoms with van der Waals surface area (Å²) in [6.07, 6.45) is 4.46. The van der Waals surface area contributed by atoms with Crippen LogP contribution in [0.25, 0.3) is 11.2 Å². The van der Waals surface area contributed by atoms with Crippen molar-refractivity contribution in [3.63, 3.8) is 0 Å².